The monoisotopic (exact) mass is 704 g/mol. The number of hydrogen-bond acceptors (Lipinski definition) is 14. The van der Waals surface area contributed by atoms with Crippen molar-refractivity contribution in [3.8, 4) is 0 Å². The maximum Gasteiger partial charge on any atom is 0.341 e. The Morgan fingerprint density at radius 1 is 0.872 bits per heavy atom. The fourth-order valence-corrected chi connectivity index (χ4v) is 5.60. The summed E-state index contributed by atoms with van der Waals surface area (Å²) in [6, 6.07) is 14.1. The van der Waals surface area contributed by atoms with Crippen LogP contribution in [0.4, 0.5) is 34.1 Å². The highest BCUT2D eigenvalue weighted by molar-refractivity contribution is 7.94. The molecule has 0 radical (unpaired) electrons. The van der Waals surface area contributed by atoms with Gasteiger partial charge in [0.1, 0.15) is 39.0 Å². The molecular formula is C27H26N7O10S3+. The number of aromatic carboxylic acids is 1. The molecule has 17 nitrogen and oxygen atoms in total. The van der Waals surface area contributed by atoms with Crippen LogP contribution in [0.2, 0.25) is 0 Å². The number of carboxylic acid groups (broad SMARTS) is 1. The third kappa shape index (κ3) is 9.36. The fourth-order valence-electron chi connectivity index (χ4n) is 3.76. The Morgan fingerprint density at radius 3 is 2.21 bits per heavy atom. The Morgan fingerprint density at radius 2 is 1.55 bits per heavy atom. The molecule has 1 aromatic heterocycles. The Kier molecular flexibility index (Phi) is 11.0. The van der Waals surface area contributed by atoms with Crippen LogP contribution >= 0.6 is 12.0 Å². The van der Waals surface area contributed by atoms with Crippen LogP contribution in [0.3, 0.4) is 0 Å². The third-order valence-electron chi connectivity index (χ3n) is 6.09. The van der Waals surface area contributed by atoms with Crippen LogP contribution in [0, 0.1) is 6.92 Å². The van der Waals surface area contributed by atoms with Crippen molar-refractivity contribution in [2.75, 3.05) is 18.1 Å². The molecule has 47 heavy (non-hydrogen) atoms. The predicted molar refractivity (Wildman–Crippen MR) is 167 cm³/mol. The summed E-state index contributed by atoms with van der Waals surface area (Å²) in [5.74, 6) is -1.09. The van der Waals surface area contributed by atoms with Crippen LogP contribution in [-0.2, 0) is 36.0 Å². The Hall–Kier alpha value is -4.83. The maximum atomic E-state index is 12.2. The first kappa shape index (κ1) is 35.0. The van der Waals surface area contributed by atoms with Crippen LogP contribution < -0.4 is 16.0 Å². The van der Waals surface area contributed by atoms with E-state index in [1.165, 1.54) is 24.4 Å². The molecule has 246 valence electrons. The molecule has 0 saturated heterocycles. The summed E-state index contributed by atoms with van der Waals surface area (Å²) in [5, 5.41) is 24.7. The molecule has 0 aliphatic rings. The zero-order chi connectivity index (χ0) is 34.4. The van der Waals surface area contributed by atoms with Gasteiger partial charge in [0.2, 0.25) is 0 Å². The zero-order valence-electron chi connectivity index (χ0n) is 24.2. The molecule has 0 unspecified atom stereocenters. The number of nitrogens with two attached hydrogens (primary N) is 2. The molecule has 0 amide bonds. The number of nitrogens with zero attached hydrogens (tertiary/aromatic N) is 5. The van der Waals surface area contributed by atoms with Crippen molar-refractivity contribution in [1.82, 2.24) is 0 Å². The number of azo groups is 2. The van der Waals surface area contributed by atoms with Crippen molar-refractivity contribution in [2.45, 2.75) is 28.2 Å². The van der Waals surface area contributed by atoms with Gasteiger partial charge in [0.25, 0.3) is 20.2 Å². The van der Waals surface area contributed by atoms with Gasteiger partial charge in [-0.1, -0.05) is 17.7 Å². The first-order valence-corrected chi connectivity index (χ1v) is 16.7. The summed E-state index contributed by atoms with van der Waals surface area (Å²) in [6.07, 6.45) is 3.04. The quantitative estimate of drug-likeness (QED) is 0.0177. The number of nitrogen functional groups attached to an aromatic ring is 2. The molecule has 0 bridgehead atoms. The van der Waals surface area contributed by atoms with E-state index in [1.54, 1.807) is 41.1 Å². The highest BCUT2D eigenvalue weighted by Gasteiger charge is 2.23. The lowest BCUT2D eigenvalue weighted by molar-refractivity contribution is -0.700. The Balaban J connectivity index is 1.56. The largest absolute Gasteiger partial charge is 0.477 e. The summed E-state index contributed by atoms with van der Waals surface area (Å²) >= 11 is 0.607. The van der Waals surface area contributed by atoms with E-state index in [9.17, 15) is 30.7 Å². The number of carboxylic acids is 1. The lowest BCUT2D eigenvalue weighted by Crippen LogP contribution is -2.36. The number of benzene rings is 3. The third-order valence-corrected chi connectivity index (χ3v) is 8.47. The van der Waals surface area contributed by atoms with Gasteiger partial charge in [-0.05, 0) is 49.4 Å². The molecule has 4 rings (SSSR count). The molecule has 0 fully saturated rings. The van der Waals surface area contributed by atoms with Gasteiger partial charge < -0.3 is 16.6 Å². The molecule has 4 aromatic rings. The predicted octanol–water partition coefficient (Wildman–Crippen LogP) is 5.12. The highest BCUT2D eigenvalue weighted by Crippen LogP contribution is 2.43. The average molecular weight is 705 g/mol. The Labute approximate surface area is 272 Å². The molecule has 0 spiro atoms. The highest BCUT2D eigenvalue weighted by atomic mass is 32.2. The minimum atomic E-state index is -4.91. The van der Waals surface area contributed by atoms with Gasteiger partial charge in [-0.25, -0.2) is 14.2 Å². The molecule has 0 atom stereocenters. The smallest absolute Gasteiger partial charge is 0.341 e. The molecule has 20 heteroatoms. The molecule has 0 aliphatic carbocycles. The second-order valence-electron chi connectivity index (χ2n) is 9.49. The summed E-state index contributed by atoms with van der Waals surface area (Å²) < 4.78 is 74.6. The average Bonchev–Trinajstić information content (AvgIpc) is 3.00. The zero-order valence-corrected chi connectivity index (χ0v) is 26.6. The van der Waals surface area contributed by atoms with Gasteiger partial charge in [0.15, 0.2) is 18.9 Å². The van der Waals surface area contributed by atoms with Crippen molar-refractivity contribution in [1.29, 1.82) is 0 Å². The normalized spacial score (nSPS) is 12.2. The van der Waals surface area contributed by atoms with Crippen LogP contribution in [0.15, 0.2) is 108 Å². The van der Waals surface area contributed by atoms with E-state index in [1.807, 2.05) is 6.92 Å². The van der Waals surface area contributed by atoms with Crippen LogP contribution in [-0.4, -0.2) is 43.6 Å². The van der Waals surface area contributed by atoms with E-state index in [0.29, 0.717) is 17.7 Å². The summed E-state index contributed by atoms with van der Waals surface area (Å²) in [5.41, 5.74) is 11.6. The molecule has 7 N–H and O–H groups in total. The number of carbonyl (C=O) groups is 1. The minimum absolute atomic E-state index is 0.000669. The molecule has 0 saturated carbocycles. The summed E-state index contributed by atoms with van der Waals surface area (Å²) in [7, 11) is -9.79. The van der Waals surface area contributed by atoms with E-state index in [2.05, 4.69) is 20.5 Å². The van der Waals surface area contributed by atoms with E-state index in [4.69, 9.17) is 25.8 Å². The van der Waals surface area contributed by atoms with E-state index < -0.39 is 41.7 Å². The van der Waals surface area contributed by atoms with Gasteiger partial charge in [-0.15, -0.1) is 15.3 Å². The van der Waals surface area contributed by atoms with E-state index in [0.717, 1.165) is 17.7 Å². The summed E-state index contributed by atoms with van der Waals surface area (Å²) in [6.45, 7) is 2.10. The van der Waals surface area contributed by atoms with Crippen molar-refractivity contribution in [3.63, 3.8) is 0 Å². The van der Waals surface area contributed by atoms with Crippen LogP contribution in [0.25, 0.3) is 0 Å². The molecule has 0 aliphatic heterocycles. The van der Waals surface area contributed by atoms with Crippen LogP contribution in [0.5, 0.6) is 0 Å². The number of hydrogen-bond donors (Lipinski definition) is 5. The van der Waals surface area contributed by atoms with Crippen molar-refractivity contribution >= 4 is 72.4 Å². The molecule has 1 heterocycles. The Bertz CT molecular complexity index is 2090. The summed E-state index contributed by atoms with van der Waals surface area (Å²) in [4.78, 5) is 14.8. The first-order valence-electron chi connectivity index (χ1n) is 13.0. The maximum absolute atomic E-state index is 12.2. The lowest BCUT2D eigenvalue weighted by Gasteiger charge is -2.10. The second-order valence-corrected chi connectivity index (χ2v) is 13.0. The minimum Gasteiger partial charge on any atom is -0.477 e. The van der Waals surface area contributed by atoms with Gasteiger partial charge in [-0.2, -0.15) is 26.3 Å². The van der Waals surface area contributed by atoms with Crippen molar-refractivity contribution in [3.05, 3.63) is 84.2 Å². The van der Waals surface area contributed by atoms with Gasteiger partial charge >= 0.3 is 5.97 Å². The van der Waals surface area contributed by atoms with E-state index in [-0.39, 0.29) is 46.4 Å². The standard InChI is InChI=1S/C27H25N7O10S3/c1-16-4-6-18(7-5-16)30-33-26-24(28)21(14-23(25(26)29)47(40,41)42)32-31-20-9-8-19(13-22(20)46(37,38)39)45-44-43-12-11-34-10-2-3-17(15-34)27(35)36/h2-10,13-15H,11-12H2,1H3,(H6-,28,29,30,31,35,36,37,38,39,40,41,42)/p+1. The number of aryl methyl sites for hydroxylation is 1. The van der Waals surface area contributed by atoms with Crippen molar-refractivity contribution in [2.24, 2.45) is 20.5 Å². The van der Waals surface area contributed by atoms with Gasteiger partial charge in [0, 0.05) is 11.0 Å². The second kappa shape index (κ2) is 14.7. The number of aromatic nitrogens is 1. The topological polar surface area (TPSA) is 270 Å². The van der Waals surface area contributed by atoms with Crippen molar-refractivity contribution < 1.29 is 49.6 Å². The van der Waals surface area contributed by atoms with Gasteiger partial charge in [0.05, 0.1) is 29.1 Å². The fraction of sp³-hybridized carbons (Fsp3) is 0.111. The number of rotatable bonds is 13. The van der Waals surface area contributed by atoms with E-state index >= 15 is 0 Å². The molecule has 3 aromatic carbocycles. The first-order chi connectivity index (χ1) is 22.1. The SMILES string of the molecule is Cc1ccc(N=Nc2c(N)c(N=Nc3ccc(SOOCC[n+]4cccc(C(=O)O)c4)cc3S(=O)(=O)O)cc(S(=O)(=O)O)c2N)cc1. The number of pyridine rings is 1. The van der Waals surface area contributed by atoms with Crippen LogP contribution in [0.1, 0.15) is 15.9 Å². The lowest BCUT2D eigenvalue weighted by atomic mass is 10.2. The molecular weight excluding hydrogens is 679 g/mol. The van der Waals surface area contributed by atoms with Gasteiger partial charge in [-0.3, -0.25) is 9.11 Å². The number of anilines is 2.